The molecule has 0 atom stereocenters. The summed E-state index contributed by atoms with van der Waals surface area (Å²) in [4.78, 5) is 13.7. The molecule has 0 aromatic heterocycles. The Morgan fingerprint density at radius 3 is 1.90 bits per heavy atom. The molecular formula is C25H37NO3Si. The third-order valence-electron chi connectivity index (χ3n) is 5.67. The lowest BCUT2D eigenvalue weighted by atomic mass is 10.2. The van der Waals surface area contributed by atoms with Crippen LogP contribution in [0.2, 0.25) is 5.04 Å². The molecule has 0 radical (unpaired) electrons. The molecule has 0 amide bonds. The maximum atomic E-state index is 11.4. The quantitative estimate of drug-likeness (QED) is 0.403. The van der Waals surface area contributed by atoms with Crippen LogP contribution < -0.4 is 10.4 Å². The van der Waals surface area contributed by atoms with Crippen molar-refractivity contribution in [2.24, 2.45) is 0 Å². The van der Waals surface area contributed by atoms with Crippen molar-refractivity contribution in [3.05, 3.63) is 60.7 Å². The number of rotatable bonds is 11. The molecule has 5 heteroatoms. The summed E-state index contributed by atoms with van der Waals surface area (Å²) in [7, 11) is -1.04. The van der Waals surface area contributed by atoms with Gasteiger partial charge in [0.15, 0.2) is 0 Å². The number of esters is 1. The molecule has 30 heavy (non-hydrogen) atoms. The lowest BCUT2D eigenvalue weighted by Gasteiger charge is -2.43. The van der Waals surface area contributed by atoms with Gasteiger partial charge in [0.2, 0.25) is 0 Å². The minimum absolute atomic E-state index is 0.0162. The predicted molar refractivity (Wildman–Crippen MR) is 127 cm³/mol. The summed E-state index contributed by atoms with van der Waals surface area (Å²) < 4.78 is 11.7. The highest BCUT2D eigenvalue weighted by Gasteiger charge is 2.50. The summed E-state index contributed by atoms with van der Waals surface area (Å²) in [6.45, 7) is 12.4. The van der Waals surface area contributed by atoms with Gasteiger partial charge in [-0.2, -0.15) is 0 Å². The first-order valence-corrected chi connectivity index (χ1v) is 12.8. The number of benzene rings is 2. The topological polar surface area (TPSA) is 38.8 Å². The normalized spacial score (nSPS) is 12.2. The van der Waals surface area contributed by atoms with Gasteiger partial charge in [0, 0.05) is 19.6 Å². The Hall–Kier alpha value is -1.95. The number of methoxy groups -OCH3 is 1. The molecule has 0 saturated carbocycles. The summed E-state index contributed by atoms with van der Waals surface area (Å²) in [5.41, 5.74) is 0. The van der Waals surface area contributed by atoms with Crippen molar-refractivity contribution in [2.75, 3.05) is 33.4 Å². The van der Waals surface area contributed by atoms with Gasteiger partial charge in [-0.3, -0.25) is 4.79 Å². The van der Waals surface area contributed by atoms with Crippen molar-refractivity contribution in [3.8, 4) is 0 Å². The predicted octanol–water partition coefficient (Wildman–Crippen LogP) is 3.84. The van der Waals surface area contributed by atoms with E-state index in [1.807, 2.05) is 0 Å². The van der Waals surface area contributed by atoms with Gasteiger partial charge in [0.05, 0.1) is 7.11 Å². The Morgan fingerprint density at radius 2 is 1.47 bits per heavy atom. The summed E-state index contributed by atoms with van der Waals surface area (Å²) in [5.74, 6) is -0.144. The maximum absolute atomic E-state index is 11.4. The first-order valence-electron chi connectivity index (χ1n) is 10.9. The number of ether oxygens (including phenoxy) is 1. The van der Waals surface area contributed by atoms with Gasteiger partial charge in [-0.05, 0) is 34.9 Å². The standard InChI is InChI=1S/C25H37NO3Si/c1-6-26(19-13-18-24(27)28-5)20-21-29-30(25(2,3)4,22-14-9-7-10-15-22)23-16-11-8-12-17-23/h7-12,14-17H,6,13,18-21H2,1-5H3. The Morgan fingerprint density at radius 1 is 0.933 bits per heavy atom. The molecule has 0 aliphatic heterocycles. The molecular weight excluding hydrogens is 390 g/mol. The second-order valence-electron chi connectivity index (χ2n) is 8.63. The van der Waals surface area contributed by atoms with Crippen molar-refractivity contribution in [2.45, 2.75) is 45.6 Å². The van der Waals surface area contributed by atoms with Crippen molar-refractivity contribution in [1.29, 1.82) is 0 Å². The molecule has 0 bridgehead atoms. The minimum atomic E-state index is -2.48. The summed E-state index contributed by atoms with van der Waals surface area (Å²) in [6, 6.07) is 21.5. The van der Waals surface area contributed by atoms with Crippen LogP contribution in [0.15, 0.2) is 60.7 Å². The number of likely N-dealkylation sites (N-methyl/N-ethyl adjacent to an activating group) is 1. The average molecular weight is 428 g/mol. The number of hydrogen-bond acceptors (Lipinski definition) is 4. The van der Waals surface area contributed by atoms with E-state index in [4.69, 9.17) is 9.16 Å². The van der Waals surface area contributed by atoms with Gasteiger partial charge in [0.25, 0.3) is 8.32 Å². The molecule has 2 aromatic carbocycles. The monoisotopic (exact) mass is 427 g/mol. The highest BCUT2D eigenvalue weighted by molar-refractivity contribution is 6.99. The van der Waals surface area contributed by atoms with Gasteiger partial charge in [-0.1, -0.05) is 88.4 Å². The van der Waals surface area contributed by atoms with E-state index in [1.54, 1.807) is 0 Å². The van der Waals surface area contributed by atoms with E-state index < -0.39 is 8.32 Å². The maximum Gasteiger partial charge on any atom is 0.305 e. The third kappa shape index (κ3) is 6.03. The van der Waals surface area contributed by atoms with E-state index in [2.05, 4.69) is 93.3 Å². The summed E-state index contributed by atoms with van der Waals surface area (Å²) >= 11 is 0. The van der Waals surface area contributed by atoms with Crippen LogP contribution in [-0.2, 0) is 14.0 Å². The van der Waals surface area contributed by atoms with Gasteiger partial charge in [-0.15, -0.1) is 0 Å². The minimum Gasteiger partial charge on any atom is -0.469 e. The number of nitrogens with zero attached hydrogens (tertiary/aromatic N) is 1. The highest BCUT2D eigenvalue weighted by atomic mass is 28.4. The first kappa shape index (κ1) is 24.3. The Bertz CT molecular complexity index is 719. The zero-order valence-corrected chi connectivity index (χ0v) is 20.2. The molecule has 2 rings (SSSR count). The second-order valence-corrected chi connectivity index (χ2v) is 12.9. The smallest absolute Gasteiger partial charge is 0.305 e. The molecule has 164 valence electrons. The molecule has 0 N–H and O–H groups in total. The molecule has 0 unspecified atom stereocenters. The highest BCUT2D eigenvalue weighted by Crippen LogP contribution is 2.36. The van der Waals surface area contributed by atoms with Crippen molar-refractivity contribution in [3.63, 3.8) is 0 Å². The van der Waals surface area contributed by atoms with E-state index in [-0.39, 0.29) is 11.0 Å². The van der Waals surface area contributed by atoms with Crippen LogP contribution in [0.5, 0.6) is 0 Å². The lowest BCUT2D eigenvalue weighted by Crippen LogP contribution is -2.67. The molecule has 0 fully saturated rings. The molecule has 0 saturated heterocycles. The van der Waals surface area contributed by atoms with Crippen LogP contribution in [0.3, 0.4) is 0 Å². The first-order chi connectivity index (χ1) is 14.3. The Balaban J connectivity index is 2.21. The Kier molecular flexibility index (Phi) is 9.27. The second kappa shape index (κ2) is 11.4. The molecule has 0 spiro atoms. The zero-order valence-electron chi connectivity index (χ0n) is 19.2. The number of carbonyl (C=O) groups excluding carboxylic acids is 1. The fourth-order valence-electron chi connectivity index (χ4n) is 4.07. The van der Waals surface area contributed by atoms with Crippen LogP contribution in [0.4, 0.5) is 0 Å². The van der Waals surface area contributed by atoms with Gasteiger partial charge >= 0.3 is 5.97 Å². The van der Waals surface area contributed by atoms with Gasteiger partial charge < -0.3 is 14.1 Å². The molecule has 0 heterocycles. The SMILES string of the molecule is CCN(CCCC(=O)OC)CCO[Si](c1ccccc1)(c1ccccc1)C(C)(C)C. The number of carbonyl (C=O) groups is 1. The largest absolute Gasteiger partial charge is 0.469 e. The third-order valence-corrected chi connectivity index (χ3v) is 10.7. The van der Waals surface area contributed by atoms with Crippen LogP contribution in [0.25, 0.3) is 0 Å². The van der Waals surface area contributed by atoms with E-state index in [1.165, 1.54) is 17.5 Å². The van der Waals surface area contributed by atoms with Crippen molar-refractivity contribution in [1.82, 2.24) is 4.90 Å². The van der Waals surface area contributed by atoms with Crippen LogP contribution >= 0.6 is 0 Å². The fourth-order valence-corrected chi connectivity index (χ4v) is 8.62. The average Bonchev–Trinajstić information content (AvgIpc) is 2.75. The van der Waals surface area contributed by atoms with E-state index >= 15 is 0 Å². The van der Waals surface area contributed by atoms with Gasteiger partial charge in [0.1, 0.15) is 0 Å². The van der Waals surface area contributed by atoms with Gasteiger partial charge in [-0.25, -0.2) is 0 Å². The van der Waals surface area contributed by atoms with Crippen molar-refractivity contribution < 1.29 is 14.0 Å². The molecule has 4 nitrogen and oxygen atoms in total. The molecule has 2 aromatic rings. The zero-order chi connectivity index (χ0) is 22.0. The summed E-state index contributed by atoms with van der Waals surface area (Å²) in [5, 5.41) is 2.59. The van der Waals surface area contributed by atoms with E-state index in [9.17, 15) is 4.79 Å². The van der Waals surface area contributed by atoms with Crippen LogP contribution in [-0.4, -0.2) is 52.5 Å². The number of hydrogen-bond donors (Lipinski definition) is 0. The Labute approximate surface area is 183 Å². The molecule has 0 aliphatic rings. The van der Waals surface area contributed by atoms with E-state index in [0.717, 1.165) is 26.1 Å². The summed E-state index contributed by atoms with van der Waals surface area (Å²) in [6.07, 6.45) is 1.27. The van der Waals surface area contributed by atoms with E-state index in [0.29, 0.717) is 13.0 Å². The lowest BCUT2D eigenvalue weighted by molar-refractivity contribution is -0.140. The molecule has 0 aliphatic carbocycles. The van der Waals surface area contributed by atoms with Crippen molar-refractivity contribution >= 4 is 24.7 Å². The van der Waals surface area contributed by atoms with Crippen LogP contribution in [0.1, 0.15) is 40.5 Å². The van der Waals surface area contributed by atoms with Crippen LogP contribution in [0, 0.1) is 0 Å². The fraction of sp³-hybridized carbons (Fsp3) is 0.480.